The molecule has 0 atom stereocenters. The van der Waals surface area contributed by atoms with Crippen molar-refractivity contribution in [2.75, 3.05) is 0 Å². The molecular formula is C17H21N. The number of nitrogens with zero attached hydrogens (tertiary/aromatic N) is 1. The van der Waals surface area contributed by atoms with Gasteiger partial charge in [-0.3, -0.25) is 4.98 Å². The van der Waals surface area contributed by atoms with Gasteiger partial charge in [0, 0.05) is 17.0 Å². The largest absolute Gasteiger partial charge is 0.258 e. The Morgan fingerprint density at radius 3 is 1.94 bits per heavy atom. The van der Waals surface area contributed by atoms with Gasteiger partial charge in [0.2, 0.25) is 0 Å². The first kappa shape index (κ1) is 12.8. The fourth-order valence-corrected chi connectivity index (χ4v) is 2.14. The molecule has 0 bridgehead atoms. The topological polar surface area (TPSA) is 12.9 Å². The monoisotopic (exact) mass is 239 g/mol. The Balaban J connectivity index is 2.41. The third-order valence-electron chi connectivity index (χ3n) is 3.29. The summed E-state index contributed by atoms with van der Waals surface area (Å²) in [5.74, 6) is 0. The second-order valence-electron chi connectivity index (χ2n) is 5.91. The number of benzene rings is 1. The standard InChI is InChI=1S/C17H21N/c1-12-6-11-16(13(2)18-12)14-7-9-15(10-8-14)17(3,4)5/h6-11H,1-5H3. The Morgan fingerprint density at radius 2 is 1.44 bits per heavy atom. The lowest BCUT2D eigenvalue weighted by atomic mass is 9.86. The van der Waals surface area contributed by atoms with Crippen molar-refractivity contribution in [3.05, 3.63) is 53.3 Å². The van der Waals surface area contributed by atoms with Crippen LogP contribution in [0.1, 0.15) is 37.7 Å². The summed E-state index contributed by atoms with van der Waals surface area (Å²) in [5.41, 5.74) is 6.21. The number of pyridine rings is 1. The number of hydrogen-bond donors (Lipinski definition) is 0. The highest BCUT2D eigenvalue weighted by Crippen LogP contribution is 2.27. The Hall–Kier alpha value is -1.63. The van der Waals surface area contributed by atoms with Crippen molar-refractivity contribution < 1.29 is 0 Å². The van der Waals surface area contributed by atoms with Crippen molar-refractivity contribution >= 4 is 0 Å². The van der Waals surface area contributed by atoms with Crippen LogP contribution in [0.5, 0.6) is 0 Å². The minimum Gasteiger partial charge on any atom is -0.258 e. The molecule has 0 aliphatic heterocycles. The molecule has 0 saturated heterocycles. The van der Waals surface area contributed by atoms with Crippen LogP contribution in [-0.2, 0) is 5.41 Å². The average Bonchev–Trinajstić information content (AvgIpc) is 2.28. The van der Waals surface area contributed by atoms with E-state index in [0.717, 1.165) is 11.4 Å². The lowest BCUT2D eigenvalue weighted by Gasteiger charge is -2.19. The summed E-state index contributed by atoms with van der Waals surface area (Å²) in [7, 11) is 0. The van der Waals surface area contributed by atoms with Crippen LogP contribution in [0, 0.1) is 13.8 Å². The molecule has 1 nitrogen and oxygen atoms in total. The Morgan fingerprint density at radius 1 is 0.833 bits per heavy atom. The highest BCUT2D eigenvalue weighted by atomic mass is 14.7. The summed E-state index contributed by atoms with van der Waals surface area (Å²) in [6, 6.07) is 13.0. The van der Waals surface area contributed by atoms with Gasteiger partial charge >= 0.3 is 0 Å². The van der Waals surface area contributed by atoms with E-state index in [1.807, 2.05) is 6.92 Å². The zero-order valence-electron chi connectivity index (χ0n) is 11.9. The summed E-state index contributed by atoms with van der Waals surface area (Å²) in [6.45, 7) is 10.8. The van der Waals surface area contributed by atoms with E-state index in [2.05, 4.69) is 69.1 Å². The minimum atomic E-state index is 0.207. The van der Waals surface area contributed by atoms with Gasteiger partial charge in [-0.25, -0.2) is 0 Å². The number of aromatic nitrogens is 1. The van der Waals surface area contributed by atoms with Gasteiger partial charge in [0.05, 0.1) is 0 Å². The van der Waals surface area contributed by atoms with E-state index in [9.17, 15) is 0 Å². The first-order chi connectivity index (χ1) is 8.38. The molecule has 18 heavy (non-hydrogen) atoms. The molecule has 2 rings (SSSR count). The van der Waals surface area contributed by atoms with E-state index in [0.29, 0.717) is 0 Å². The maximum atomic E-state index is 4.52. The normalized spacial score (nSPS) is 11.6. The van der Waals surface area contributed by atoms with E-state index in [1.165, 1.54) is 16.7 Å². The molecule has 0 fully saturated rings. The van der Waals surface area contributed by atoms with Crippen molar-refractivity contribution in [3.8, 4) is 11.1 Å². The Kier molecular flexibility index (Phi) is 3.25. The maximum absolute atomic E-state index is 4.52. The summed E-state index contributed by atoms with van der Waals surface area (Å²) < 4.78 is 0. The van der Waals surface area contributed by atoms with Crippen LogP contribution in [0.2, 0.25) is 0 Å². The van der Waals surface area contributed by atoms with Crippen LogP contribution in [0.3, 0.4) is 0 Å². The predicted octanol–water partition coefficient (Wildman–Crippen LogP) is 4.66. The lowest BCUT2D eigenvalue weighted by molar-refractivity contribution is 0.590. The molecule has 1 aromatic carbocycles. The molecule has 0 radical (unpaired) electrons. The van der Waals surface area contributed by atoms with Crippen molar-refractivity contribution in [1.82, 2.24) is 4.98 Å². The maximum Gasteiger partial charge on any atom is 0.0454 e. The molecule has 0 spiro atoms. The Bertz CT molecular complexity index is 545. The van der Waals surface area contributed by atoms with Gasteiger partial charge in [-0.2, -0.15) is 0 Å². The van der Waals surface area contributed by atoms with Gasteiger partial charge in [-0.1, -0.05) is 51.1 Å². The fourth-order valence-electron chi connectivity index (χ4n) is 2.14. The third-order valence-corrected chi connectivity index (χ3v) is 3.29. The van der Waals surface area contributed by atoms with Gasteiger partial charge < -0.3 is 0 Å². The van der Waals surface area contributed by atoms with Crippen LogP contribution >= 0.6 is 0 Å². The molecule has 0 unspecified atom stereocenters. The van der Waals surface area contributed by atoms with Gasteiger partial charge in [0.25, 0.3) is 0 Å². The van der Waals surface area contributed by atoms with E-state index in [-0.39, 0.29) is 5.41 Å². The van der Waals surface area contributed by atoms with E-state index >= 15 is 0 Å². The Labute approximate surface area is 110 Å². The van der Waals surface area contributed by atoms with Gasteiger partial charge in [-0.15, -0.1) is 0 Å². The van der Waals surface area contributed by atoms with Crippen molar-refractivity contribution in [2.45, 2.75) is 40.0 Å². The van der Waals surface area contributed by atoms with Crippen LogP contribution in [-0.4, -0.2) is 4.98 Å². The second-order valence-corrected chi connectivity index (χ2v) is 5.91. The van der Waals surface area contributed by atoms with E-state index < -0.39 is 0 Å². The van der Waals surface area contributed by atoms with E-state index in [4.69, 9.17) is 0 Å². The van der Waals surface area contributed by atoms with Crippen molar-refractivity contribution in [3.63, 3.8) is 0 Å². The SMILES string of the molecule is Cc1ccc(-c2ccc(C(C)(C)C)cc2)c(C)n1. The van der Waals surface area contributed by atoms with Crippen LogP contribution in [0.4, 0.5) is 0 Å². The second kappa shape index (κ2) is 4.56. The van der Waals surface area contributed by atoms with E-state index in [1.54, 1.807) is 0 Å². The lowest BCUT2D eigenvalue weighted by Crippen LogP contribution is -2.10. The number of aryl methyl sites for hydroxylation is 2. The average molecular weight is 239 g/mol. The molecule has 1 heteroatoms. The molecule has 2 aromatic rings. The molecular weight excluding hydrogens is 218 g/mol. The highest BCUT2D eigenvalue weighted by Gasteiger charge is 2.13. The van der Waals surface area contributed by atoms with Gasteiger partial charge in [0.1, 0.15) is 0 Å². The molecule has 0 aliphatic rings. The summed E-state index contributed by atoms with van der Waals surface area (Å²) in [5, 5.41) is 0. The quantitative estimate of drug-likeness (QED) is 0.705. The summed E-state index contributed by atoms with van der Waals surface area (Å²) >= 11 is 0. The number of rotatable bonds is 1. The van der Waals surface area contributed by atoms with Crippen LogP contribution in [0.25, 0.3) is 11.1 Å². The molecule has 0 N–H and O–H groups in total. The zero-order valence-corrected chi connectivity index (χ0v) is 11.9. The van der Waals surface area contributed by atoms with Crippen molar-refractivity contribution in [2.24, 2.45) is 0 Å². The smallest absolute Gasteiger partial charge is 0.0454 e. The fraction of sp³-hybridized carbons (Fsp3) is 0.353. The van der Waals surface area contributed by atoms with Gasteiger partial charge in [-0.05, 0) is 36.5 Å². The summed E-state index contributed by atoms with van der Waals surface area (Å²) in [6.07, 6.45) is 0. The molecule has 1 heterocycles. The van der Waals surface area contributed by atoms with Crippen LogP contribution < -0.4 is 0 Å². The minimum absolute atomic E-state index is 0.207. The first-order valence-corrected chi connectivity index (χ1v) is 6.43. The molecule has 0 amide bonds. The number of hydrogen-bond acceptors (Lipinski definition) is 1. The molecule has 94 valence electrons. The molecule has 0 saturated carbocycles. The van der Waals surface area contributed by atoms with Gasteiger partial charge in [0.15, 0.2) is 0 Å². The van der Waals surface area contributed by atoms with Crippen LogP contribution in [0.15, 0.2) is 36.4 Å². The summed E-state index contributed by atoms with van der Waals surface area (Å²) in [4.78, 5) is 4.52. The van der Waals surface area contributed by atoms with Crippen molar-refractivity contribution in [1.29, 1.82) is 0 Å². The molecule has 0 aliphatic carbocycles. The third kappa shape index (κ3) is 2.61. The predicted molar refractivity (Wildman–Crippen MR) is 77.8 cm³/mol. The zero-order chi connectivity index (χ0) is 13.3. The molecule has 1 aromatic heterocycles. The first-order valence-electron chi connectivity index (χ1n) is 6.43. The highest BCUT2D eigenvalue weighted by molar-refractivity contribution is 5.66.